The molecule has 176 valence electrons. The molecule has 4 rings (SSSR count). The maximum atomic E-state index is 10.9. The molecular weight excluding hydrogens is 416 g/mol. The van der Waals surface area contributed by atoms with Gasteiger partial charge in [-0.3, -0.25) is 9.82 Å². The number of hydrogen-bond donors (Lipinski definition) is 2. The molecule has 2 aliphatic rings. The predicted octanol–water partition coefficient (Wildman–Crippen LogP) is 5.36. The first-order chi connectivity index (χ1) is 16.2. The summed E-state index contributed by atoms with van der Waals surface area (Å²) in [5, 5.41) is 8.93. The van der Waals surface area contributed by atoms with E-state index in [1.54, 1.807) is 0 Å². The maximum Gasteiger partial charge on any atom is 0.341 e. The second kappa shape index (κ2) is 12.0. The number of ether oxygens (including phenoxy) is 1. The maximum absolute atomic E-state index is 10.9. The van der Waals surface area contributed by atoms with Crippen LogP contribution in [0.25, 0.3) is 0 Å². The van der Waals surface area contributed by atoms with E-state index in [-0.39, 0.29) is 18.6 Å². The quantitative estimate of drug-likeness (QED) is 0.288. The van der Waals surface area contributed by atoms with Gasteiger partial charge >= 0.3 is 5.97 Å². The summed E-state index contributed by atoms with van der Waals surface area (Å²) >= 11 is 0. The Morgan fingerprint density at radius 2 is 2.03 bits per heavy atom. The summed E-state index contributed by atoms with van der Waals surface area (Å²) in [4.78, 5) is 21.1. The third-order valence-electron chi connectivity index (χ3n) is 6.78. The van der Waals surface area contributed by atoms with Gasteiger partial charge in [0.1, 0.15) is 5.75 Å². The van der Waals surface area contributed by atoms with Crippen molar-refractivity contribution < 1.29 is 19.5 Å². The Morgan fingerprint density at radius 1 is 1.15 bits per heavy atom. The minimum absolute atomic E-state index is 0.164. The van der Waals surface area contributed by atoms with Gasteiger partial charge in [0.05, 0.1) is 12.6 Å². The van der Waals surface area contributed by atoms with E-state index >= 15 is 0 Å². The van der Waals surface area contributed by atoms with E-state index in [2.05, 4.69) is 34.7 Å². The van der Waals surface area contributed by atoms with Crippen LogP contribution in [0, 0.1) is 5.92 Å². The Morgan fingerprint density at radius 3 is 2.82 bits per heavy atom. The molecule has 1 fully saturated rings. The molecule has 0 saturated heterocycles. The van der Waals surface area contributed by atoms with E-state index < -0.39 is 5.97 Å². The number of benzene rings is 1. The van der Waals surface area contributed by atoms with Crippen molar-refractivity contribution in [2.24, 2.45) is 5.92 Å². The van der Waals surface area contributed by atoms with E-state index in [9.17, 15) is 4.79 Å². The molecule has 0 radical (unpaired) electrons. The third-order valence-corrected chi connectivity index (χ3v) is 6.78. The number of aliphatic carboxylic acids is 1. The number of aromatic nitrogens is 1. The highest BCUT2D eigenvalue weighted by atomic mass is 16.6. The monoisotopic (exact) mass is 450 g/mol. The highest BCUT2D eigenvalue weighted by molar-refractivity contribution is 5.68. The van der Waals surface area contributed by atoms with Crippen LogP contribution in [0.3, 0.4) is 0 Å². The van der Waals surface area contributed by atoms with Gasteiger partial charge in [-0.25, -0.2) is 4.79 Å². The molecule has 1 aromatic carbocycles. The van der Waals surface area contributed by atoms with Crippen LogP contribution in [0.4, 0.5) is 0 Å². The number of pyridine rings is 1. The van der Waals surface area contributed by atoms with Crippen LogP contribution in [-0.4, -0.2) is 29.3 Å². The van der Waals surface area contributed by atoms with Gasteiger partial charge in [-0.2, -0.15) is 5.48 Å². The molecule has 2 aromatic rings. The number of fused-ring (bicyclic) bond motifs is 1. The van der Waals surface area contributed by atoms with Crippen molar-refractivity contribution in [2.75, 3.05) is 13.2 Å². The number of carbonyl (C=O) groups is 1. The number of nitrogens with one attached hydrogen (secondary N) is 1. The molecule has 2 aliphatic carbocycles. The Bertz CT molecular complexity index is 925. The lowest BCUT2D eigenvalue weighted by atomic mass is 9.82. The van der Waals surface area contributed by atoms with Crippen molar-refractivity contribution in [3.63, 3.8) is 0 Å². The molecule has 2 atom stereocenters. The highest BCUT2D eigenvalue weighted by Gasteiger charge is 2.25. The Balaban J connectivity index is 1.35. The zero-order valence-corrected chi connectivity index (χ0v) is 19.1. The van der Waals surface area contributed by atoms with Crippen molar-refractivity contribution in [3.8, 4) is 5.75 Å². The van der Waals surface area contributed by atoms with Gasteiger partial charge in [0.25, 0.3) is 0 Å². The summed E-state index contributed by atoms with van der Waals surface area (Å²) in [5.74, 6) is 0.597. The second-order valence-electron chi connectivity index (χ2n) is 9.02. The summed E-state index contributed by atoms with van der Waals surface area (Å²) < 4.78 is 5.52. The first-order valence-corrected chi connectivity index (χ1v) is 12.1. The van der Waals surface area contributed by atoms with Gasteiger partial charge in [0, 0.05) is 18.3 Å². The SMILES string of the molecule is O=C(O)COc1cccc2c1CCCC2/C=C/CONC(c1cccnc1)C1CCCCC1. The molecule has 0 aliphatic heterocycles. The van der Waals surface area contributed by atoms with Crippen LogP contribution in [0.2, 0.25) is 0 Å². The molecule has 6 heteroatoms. The molecule has 33 heavy (non-hydrogen) atoms. The number of carboxylic acids is 1. The number of hydroxylamine groups is 1. The molecule has 0 bridgehead atoms. The number of hydrogen-bond acceptors (Lipinski definition) is 5. The van der Waals surface area contributed by atoms with Crippen LogP contribution >= 0.6 is 0 Å². The number of nitrogens with zero attached hydrogens (tertiary/aromatic N) is 1. The smallest absolute Gasteiger partial charge is 0.341 e. The molecule has 1 aromatic heterocycles. The summed E-state index contributed by atoms with van der Waals surface area (Å²) in [7, 11) is 0. The van der Waals surface area contributed by atoms with Crippen LogP contribution in [0.1, 0.15) is 73.6 Å². The van der Waals surface area contributed by atoms with E-state index in [4.69, 9.17) is 14.7 Å². The fourth-order valence-electron chi connectivity index (χ4n) is 5.20. The van der Waals surface area contributed by atoms with Gasteiger partial charge < -0.3 is 9.84 Å². The van der Waals surface area contributed by atoms with Crippen LogP contribution in [0.15, 0.2) is 54.9 Å². The average Bonchev–Trinajstić information content (AvgIpc) is 2.86. The average molecular weight is 451 g/mol. The molecule has 0 spiro atoms. The lowest BCUT2D eigenvalue weighted by molar-refractivity contribution is -0.139. The van der Waals surface area contributed by atoms with Gasteiger partial charge in [0.15, 0.2) is 6.61 Å². The fraction of sp³-hybridized carbons (Fsp3) is 0.481. The van der Waals surface area contributed by atoms with Crippen molar-refractivity contribution in [1.82, 2.24) is 10.5 Å². The van der Waals surface area contributed by atoms with E-state index in [0.29, 0.717) is 18.3 Å². The topological polar surface area (TPSA) is 80.7 Å². The molecule has 1 heterocycles. The number of allylic oxidation sites excluding steroid dienone is 1. The lowest BCUT2D eigenvalue weighted by Crippen LogP contribution is -2.30. The van der Waals surface area contributed by atoms with E-state index in [1.807, 2.05) is 30.6 Å². The van der Waals surface area contributed by atoms with Crippen molar-refractivity contribution >= 4 is 5.97 Å². The zero-order valence-electron chi connectivity index (χ0n) is 19.1. The molecule has 2 N–H and O–H groups in total. The number of rotatable bonds is 10. The molecule has 0 amide bonds. The minimum atomic E-state index is -0.956. The molecule has 1 saturated carbocycles. The molecule has 2 unspecified atom stereocenters. The van der Waals surface area contributed by atoms with Crippen molar-refractivity contribution in [3.05, 3.63) is 71.6 Å². The van der Waals surface area contributed by atoms with Crippen molar-refractivity contribution in [2.45, 2.75) is 63.3 Å². The highest BCUT2D eigenvalue weighted by Crippen LogP contribution is 2.37. The lowest BCUT2D eigenvalue weighted by Gasteiger charge is -2.30. The first-order valence-electron chi connectivity index (χ1n) is 12.1. The minimum Gasteiger partial charge on any atom is -0.482 e. The fourth-order valence-corrected chi connectivity index (χ4v) is 5.20. The Kier molecular flexibility index (Phi) is 8.50. The molecular formula is C27H34N2O4. The summed E-state index contributed by atoms with van der Waals surface area (Å²) in [6.07, 6.45) is 17.4. The predicted molar refractivity (Wildman–Crippen MR) is 127 cm³/mol. The van der Waals surface area contributed by atoms with Gasteiger partial charge in [-0.15, -0.1) is 0 Å². The Labute approximate surface area is 196 Å². The zero-order chi connectivity index (χ0) is 22.9. The first kappa shape index (κ1) is 23.5. The number of carboxylic acid groups (broad SMARTS) is 1. The third kappa shape index (κ3) is 6.42. The summed E-state index contributed by atoms with van der Waals surface area (Å²) in [6, 6.07) is 10.2. The van der Waals surface area contributed by atoms with Crippen LogP contribution in [-0.2, 0) is 16.1 Å². The van der Waals surface area contributed by atoms with E-state index in [1.165, 1.54) is 43.2 Å². The van der Waals surface area contributed by atoms with Gasteiger partial charge in [-0.05, 0) is 66.8 Å². The summed E-state index contributed by atoms with van der Waals surface area (Å²) in [6.45, 7) is 0.181. The second-order valence-corrected chi connectivity index (χ2v) is 9.02. The van der Waals surface area contributed by atoms with Crippen LogP contribution < -0.4 is 10.2 Å². The van der Waals surface area contributed by atoms with Gasteiger partial charge in [-0.1, -0.05) is 49.6 Å². The Hall–Kier alpha value is -2.70. The molecule has 6 nitrogen and oxygen atoms in total. The van der Waals surface area contributed by atoms with Gasteiger partial charge in [0.2, 0.25) is 0 Å². The van der Waals surface area contributed by atoms with E-state index in [0.717, 1.165) is 24.8 Å². The van der Waals surface area contributed by atoms with Crippen LogP contribution in [0.5, 0.6) is 5.75 Å². The standard InChI is InChI=1S/C27H34N2O4/c30-26(31)19-32-25-15-5-13-23-20(10-4-14-24(23)25)12-7-17-33-29-27(21-8-2-1-3-9-21)22-11-6-16-28-18-22/h5-7,11-13,15-16,18,20-21,27,29H,1-4,8-10,14,17,19H2,(H,30,31)/b12-7+. The van der Waals surface area contributed by atoms with Crippen molar-refractivity contribution in [1.29, 1.82) is 0 Å². The normalized spacial score (nSPS) is 19.8. The summed E-state index contributed by atoms with van der Waals surface area (Å²) in [5.41, 5.74) is 6.87. The largest absolute Gasteiger partial charge is 0.482 e.